The van der Waals surface area contributed by atoms with Crippen LogP contribution in [0.5, 0.6) is 5.75 Å². The van der Waals surface area contributed by atoms with E-state index in [9.17, 15) is 13.5 Å². The maximum Gasteiger partial charge on any atom is 0.248 e. The molecule has 40 heavy (non-hydrogen) atoms. The summed E-state index contributed by atoms with van der Waals surface area (Å²) < 4.78 is 41.9. The number of anilines is 3. The van der Waals surface area contributed by atoms with Crippen LogP contribution >= 0.6 is 23.3 Å². The number of halogens is 1. The maximum absolute atomic E-state index is 13.1. The molecule has 1 aliphatic heterocycles. The predicted molar refractivity (Wildman–Crippen MR) is 171 cm³/mol. The number of nitrogens with one attached hydrogen (secondary N) is 2. The summed E-state index contributed by atoms with van der Waals surface area (Å²) in [6.45, 7) is 21.1. The Bertz CT molecular complexity index is 1130. The zero-order valence-corrected chi connectivity index (χ0v) is 28.2. The van der Waals surface area contributed by atoms with Gasteiger partial charge in [-0.15, -0.1) is 0 Å². The number of rotatable bonds is 10. The Kier molecular flexibility index (Phi) is 18.9. The first-order chi connectivity index (χ1) is 19.1. The largest absolute Gasteiger partial charge is 0.504 e. The first kappa shape index (κ1) is 37.9. The molecule has 1 aromatic heterocycles. The van der Waals surface area contributed by atoms with Crippen molar-refractivity contribution in [2.24, 2.45) is 5.92 Å². The molecule has 0 saturated heterocycles. The quantitative estimate of drug-likeness (QED) is 0.227. The Morgan fingerprint density at radius 1 is 1.10 bits per heavy atom. The summed E-state index contributed by atoms with van der Waals surface area (Å²) in [5, 5.41) is 17.0. The Morgan fingerprint density at radius 3 is 2.25 bits per heavy atom. The smallest absolute Gasteiger partial charge is 0.248 e. The van der Waals surface area contributed by atoms with Crippen molar-refractivity contribution >= 4 is 50.7 Å². The minimum Gasteiger partial charge on any atom is -0.504 e. The lowest BCUT2D eigenvalue weighted by Gasteiger charge is -2.25. The topological polar surface area (TPSA) is 117 Å². The standard InChI is InChI=1S/C21H30ClN5O4S2.C3H8.2C2H6/c1-5-9-27(6-2)33(29,30)19-16(22)7-8-17(18(19)28)24-21-20(25-32-26-21)23-12-15-11-13(3)10-14(4)31-15;1-3-2;2*1-2/h7-8,11,13-14,28H,5-6,9-10,12H2,1-4H3,(H,23,25)(H,24,26);3H2,1-2H3;2*1-2H3. The zero-order chi connectivity index (χ0) is 30.9. The van der Waals surface area contributed by atoms with Gasteiger partial charge in [0, 0.05) is 13.1 Å². The summed E-state index contributed by atoms with van der Waals surface area (Å²) in [7, 11) is -3.98. The van der Waals surface area contributed by atoms with Gasteiger partial charge in [-0.3, -0.25) is 0 Å². The van der Waals surface area contributed by atoms with Crippen LogP contribution in [-0.2, 0) is 14.8 Å². The number of aromatic nitrogens is 2. The first-order valence-electron chi connectivity index (χ1n) is 14.3. The van der Waals surface area contributed by atoms with Crippen LogP contribution in [0.4, 0.5) is 17.3 Å². The molecule has 0 spiro atoms. The number of allylic oxidation sites excluding steroid dienone is 1. The Balaban J connectivity index is 0.00000199. The maximum atomic E-state index is 13.1. The third-order valence-electron chi connectivity index (χ3n) is 5.21. The summed E-state index contributed by atoms with van der Waals surface area (Å²) >= 11 is 7.20. The fourth-order valence-electron chi connectivity index (χ4n) is 3.76. The number of hydrogen-bond acceptors (Lipinski definition) is 9. The van der Waals surface area contributed by atoms with Gasteiger partial charge in [0.15, 0.2) is 17.4 Å². The molecule has 0 aliphatic carbocycles. The second-order valence-electron chi connectivity index (χ2n) is 8.69. The fraction of sp³-hybridized carbons (Fsp3) is 0.643. The van der Waals surface area contributed by atoms with Crippen LogP contribution in [0.25, 0.3) is 0 Å². The van der Waals surface area contributed by atoms with Crippen LogP contribution in [-0.4, -0.2) is 52.3 Å². The Hall–Kier alpha value is -2.08. The van der Waals surface area contributed by atoms with Crippen molar-refractivity contribution < 1.29 is 18.3 Å². The Labute approximate surface area is 251 Å². The van der Waals surface area contributed by atoms with Crippen LogP contribution in [0, 0.1) is 5.92 Å². The van der Waals surface area contributed by atoms with E-state index in [2.05, 4.69) is 46.2 Å². The molecular formula is C28H50ClN5O4S2. The predicted octanol–water partition coefficient (Wildman–Crippen LogP) is 8.27. The number of nitrogens with zero attached hydrogens (tertiary/aromatic N) is 3. The number of hydrogen-bond donors (Lipinski definition) is 3. The highest BCUT2D eigenvalue weighted by Gasteiger charge is 2.30. The summed E-state index contributed by atoms with van der Waals surface area (Å²) in [6.07, 6.45) is 5.09. The molecule has 12 heteroatoms. The van der Waals surface area contributed by atoms with Gasteiger partial charge in [0.25, 0.3) is 0 Å². The van der Waals surface area contributed by atoms with Crippen LogP contribution in [0.1, 0.15) is 88.5 Å². The lowest BCUT2D eigenvalue weighted by atomic mass is 10.0. The van der Waals surface area contributed by atoms with Crippen molar-refractivity contribution in [3.63, 3.8) is 0 Å². The summed E-state index contributed by atoms with van der Waals surface area (Å²) in [4.78, 5) is -0.328. The molecule has 1 aliphatic rings. The van der Waals surface area contributed by atoms with Gasteiger partial charge in [-0.05, 0) is 43.9 Å². The molecule has 0 bridgehead atoms. The van der Waals surface area contributed by atoms with Crippen molar-refractivity contribution in [3.8, 4) is 5.75 Å². The summed E-state index contributed by atoms with van der Waals surface area (Å²) in [5.41, 5.74) is 0.164. The molecule has 0 radical (unpaired) electrons. The first-order valence-corrected chi connectivity index (χ1v) is 16.9. The van der Waals surface area contributed by atoms with E-state index in [1.807, 2.05) is 41.5 Å². The normalized spacial score (nSPS) is 16.1. The molecule has 0 amide bonds. The molecule has 2 heterocycles. The molecule has 2 unspecified atom stereocenters. The van der Waals surface area contributed by atoms with Crippen molar-refractivity contribution in [1.29, 1.82) is 0 Å². The van der Waals surface area contributed by atoms with Gasteiger partial charge >= 0.3 is 0 Å². The van der Waals surface area contributed by atoms with Gasteiger partial charge in [-0.1, -0.05) is 80.3 Å². The van der Waals surface area contributed by atoms with E-state index in [0.29, 0.717) is 37.1 Å². The van der Waals surface area contributed by atoms with E-state index in [4.69, 9.17) is 16.3 Å². The SMILES string of the molecule is CC.CC.CCC.CCCN(CC)S(=O)(=O)c1c(Cl)ccc(Nc2nsnc2NCC2=CC(C)CC(C)O2)c1O. The second kappa shape index (κ2) is 19.9. The summed E-state index contributed by atoms with van der Waals surface area (Å²) in [6, 6.07) is 2.94. The van der Waals surface area contributed by atoms with E-state index < -0.39 is 15.8 Å². The molecule has 1 aromatic carbocycles. The lowest BCUT2D eigenvalue weighted by molar-refractivity contribution is 0.0960. The average Bonchev–Trinajstić information content (AvgIpc) is 3.36. The molecule has 3 N–H and O–H groups in total. The van der Waals surface area contributed by atoms with Crippen LogP contribution in [0.15, 0.2) is 28.9 Å². The van der Waals surface area contributed by atoms with Crippen molar-refractivity contribution in [3.05, 3.63) is 29.0 Å². The van der Waals surface area contributed by atoms with Gasteiger partial charge in [0.05, 0.1) is 35.1 Å². The van der Waals surface area contributed by atoms with Crippen molar-refractivity contribution in [1.82, 2.24) is 13.1 Å². The number of aromatic hydroxyl groups is 1. The lowest BCUT2D eigenvalue weighted by Crippen LogP contribution is -2.32. The third-order valence-corrected chi connectivity index (χ3v) is 8.21. The molecule has 230 valence electrons. The summed E-state index contributed by atoms with van der Waals surface area (Å²) in [5.74, 6) is 1.63. The number of benzene rings is 1. The van der Waals surface area contributed by atoms with E-state index in [1.165, 1.54) is 22.9 Å². The molecule has 0 fully saturated rings. The highest BCUT2D eigenvalue weighted by Crippen LogP contribution is 2.40. The minimum atomic E-state index is -3.98. The van der Waals surface area contributed by atoms with Crippen molar-refractivity contribution in [2.45, 2.75) is 99.5 Å². The molecule has 0 saturated carbocycles. The van der Waals surface area contributed by atoms with Crippen LogP contribution < -0.4 is 10.6 Å². The van der Waals surface area contributed by atoms with E-state index in [-0.39, 0.29) is 28.3 Å². The molecule has 2 aromatic rings. The fourth-order valence-corrected chi connectivity index (χ4v) is 6.38. The van der Waals surface area contributed by atoms with E-state index >= 15 is 0 Å². The highest BCUT2D eigenvalue weighted by molar-refractivity contribution is 7.89. The van der Waals surface area contributed by atoms with Gasteiger partial charge in [0.2, 0.25) is 10.0 Å². The number of ether oxygens (including phenoxy) is 1. The second-order valence-corrected chi connectivity index (χ2v) is 11.5. The van der Waals surface area contributed by atoms with Gasteiger partial charge < -0.3 is 20.5 Å². The van der Waals surface area contributed by atoms with Gasteiger partial charge in [-0.25, -0.2) is 8.42 Å². The number of phenolic OH excluding ortho intramolecular Hbond substituents is 1. The monoisotopic (exact) mass is 619 g/mol. The number of sulfonamides is 1. The molecule has 2 atom stereocenters. The van der Waals surface area contributed by atoms with Crippen LogP contribution in [0.2, 0.25) is 5.02 Å². The van der Waals surface area contributed by atoms with Gasteiger partial charge in [0.1, 0.15) is 10.7 Å². The van der Waals surface area contributed by atoms with E-state index in [0.717, 1.165) is 23.9 Å². The Morgan fingerprint density at radius 2 is 1.70 bits per heavy atom. The minimum absolute atomic E-state index is 0.0491. The van der Waals surface area contributed by atoms with E-state index in [1.54, 1.807) is 6.92 Å². The molecule has 3 rings (SSSR count). The average molecular weight is 620 g/mol. The van der Waals surface area contributed by atoms with Gasteiger partial charge in [-0.2, -0.15) is 13.1 Å². The zero-order valence-electron chi connectivity index (χ0n) is 25.8. The van der Waals surface area contributed by atoms with Crippen molar-refractivity contribution in [2.75, 3.05) is 30.3 Å². The third kappa shape index (κ3) is 11.1. The van der Waals surface area contributed by atoms with Crippen LogP contribution in [0.3, 0.4) is 0 Å². The number of phenols is 1. The molecule has 9 nitrogen and oxygen atoms in total. The molecular weight excluding hydrogens is 570 g/mol. The highest BCUT2D eigenvalue weighted by atomic mass is 35.5.